The molecule has 0 bridgehead atoms. The molecule has 2 saturated carbocycles. The molecule has 2 aliphatic rings. The molecule has 2 aromatic heterocycles. The van der Waals surface area contributed by atoms with Crippen LogP contribution in [-0.4, -0.2) is 26.8 Å². The molecule has 1 N–H and O–H groups in total. The number of ether oxygens (including phenoxy) is 1. The Labute approximate surface area is 202 Å². The molecule has 2 aliphatic carbocycles. The van der Waals surface area contributed by atoms with Crippen molar-refractivity contribution in [3.8, 4) is 17.3 Å². The van der Waals surface area contributed by atoms with Crippen molar-refractivity contribution >= 4 is 11.9 Å². The number of nitrogens with one attached hydrogen (secondary N) is 1. The van der Waals surface area contributed by atoms with Crippen LogP contribution in [0, 0.1) is 17.8 Å². The van der Waals surface area contributed by atoms with E-state index in [-0.39, 0.29) is 41.6 Å². The summed E-state index contributed by atoms with van der Waals surface area (Å²) < 4.78 is 5.78. The maximum Gasteiger partial charge on any atom is 0.315 e. The number of pyridine rings is 1. The highest BCUT2D eigenvalue weighted by Crippen LogP contribution is 2.30. The highest BCUT2D eigenvalue weighted by atomic mass is 16.5. The van der Waals surface area contributed by atoms with E-state index in [1.807, 2.05) is 12.1 Å². The average Bonchev–Trinajstić information content (AvgIpc) is 2.88. The molecule has 0 saturated heterocycles. The van der Waals surface area contributed by atoms with Gasteiger partial charge in [0.2, 0.25) is 11.8 Å². The Morgan fingerprint density at radius 2 is 1.65 bits per heavy atom. The van der Waals surface area contributed by atoms with E-state index in [0.717, 1.165) is 56.9 Å². The zero-order chi connectivity index (χ0) is 23.9. The first-order chi connectivity index (χ1) is 16.5. The van der Waals surface area contributed by atoms with Gasteiger partial charge in [0, 0.05) is 29.9 Å². The lowest BCUT2D eigenvalue weighted by molar-refractivity contribution is -0.140. The van der Waals surface area contributed by atoms with Crippen LogP contribution >= 0.6 is 0 Å². The summed E-state index contributed by atoms with van der Waals surface area (Å²) in [7, 11) is 0. The predicted molar refractivity (Wildman–Crippen MR) is 130 cm³/mol. The number of nitrogens with zero attached hydrogens (tertiary/aromatic N) is 3. The monoisotopic (exact) mass is 464 g/mol. The quantitative estimate of drug-likeness (QED) is 0.550. The number of carbonyl (C=O) groups is 2. The van der Waals surface area contributed by atoms with Crippen molar-refractivity contribution < 1.29 is 14.3 Å². The van der Waals surface area contributed by atoms with Gasteiger partial charge in [0.05, 0.1) is 17.7 Å². The summed E-state index contributed by atoms with van der Waals surface area (Å²) >= 11 is 0. The summed E-state index contributed by atoms with van der Waals surface area (Å²) in [4.78, 5) is 39.4. The van der Waals surface area contributed by atoms with Gasteiger partial charge in [-0.1, -0.05) is 52.4 Å². The molecule has 7 heteroatoms. The first-order valence-corrected chi connectivity index (χ1v) is 12.8. The van der Waals surface area contributed by atoms with E-state index in [4.69, 9.17) is 9.72 Å². The van der Waals surface area contributed by atoms with Gasteiger partial charge in [-0.15, -0.1) is 0 Å². The Morgan fingerprint density at radius 1 is 0.971 bits per heavy atom. The van der Waals surface area contributed by atoms with Gasteiger partial charge < -0.3 is 10.1 Å². The van der Waals surface area contributed by atoms with Crippen molar-refractivity contribution in [2.24, 2.45) is 17.8 Å². The molecule has 2 aromatic rings. The Balaban J connectivity index is 1.62. The lowest BCUT2D eigenvalue weighted by atomic mass is 9.88. The van der Waals surface area contributed by atoms with Crippen LogP contribution in [0.5, 0.6) is 5.88 Å². The molecular formula is C27H36N4O3. The molecule has 1 atom stereocenters. The summed E-state index contributed by atoms with van der Waals surface area (Å²) in [5.74, 6) is 0.603. The fourth-order valence-electron chi connectivity index (χ4n) is 5.02. The third-order valence-corrected chi connectivity index (χ3v) is 7.04. The summed E-state index contributed by atoms with van der Waals surface area (Å²) in [6.45, 7) is 4.12. The van der Waals surface area contributed by atoms with Gasteiger partial charge in [0.15, 0.2) is 5.82 Å². The second-order valence-electron chi connectivity index (χ2n) is 10.0. The molecule has 2 fully saturated rings. The van der Waals surface area contributed by atoms with Crippen LogP contribution in [0.4, 0.5) is 0 Å². The normalized spacial score (nSPS) is 18.4. The lowest BCUT2D eigenvalue weighted by Gasteiger charge is -2.27. The fourth-order valence-corrected chi connectivity index (χ4v) is 5.02. The number of hydrogen-bond acceptors (Lipinski definition) is 6. The van der Waals surface area contributed by atoms with Crippen LogP contribution < -0.4 is 10.1 Å². The number of rotatable bonds is 7. The van der Waals surface area contributed by atoms with E-state index in [1.165, 1.54) is 12.8 Å². The van der Waals surface area contributed by atoms with E-state index in [9.17, 15) is 9.59 Å². The highest BCUT2D eigenvalue weighted by molar-refractivity contribution is 5.79. The van der Waals surface area contributed by atoms with Gasteiger partial charge in [-0.2, -0.15) is 4.98 Å². The molecule has 1 amide bonds. The number of esters is 1. The van der Waals surface area contributed by atoms with Crippen LogP contribution in [0.1, 0.15) is 89.8 Å². The van der Waals surface area contributed by atoms with E-state index in [2.05, 4.69) is 29.1 Å². The molecule has 34 heavy (non-hydrogen) atoms. The van der Waals surface area contributed by atoms with Crippen LogP contribution in [0.15, 0.2) is 30.6 Å². The first kappa shape index (κ1) is 24.3. The number of aromatic nitrogens is 3. The molecule has 0 spiro atoms. The molecule has 182 valence electrons. The van der Waals surface area contributed by atoms with Gasteiger partial charge in [-0.25, -0.2) is 4.98 Å². The zero-order valence-corrected chi connectivity index (χ0v) is 20.3. The number of hydrogen-bond donors (Lipinski definition) is 1. The van der Waals surface area contributed by atoms with E-state index >= 15 is 0 Å². The number of carbonyl (C=O) groups excluding carboxylic acids is 2. The molecule has 0 aromatic carbocycles. The number of amides is 1. The second-order valence-corrected chi connectivity index (χ2v) is 10.0. The molecule has 4 rings (SSSR count). The summed E-state index contributed by atoms with van der Waals surface area (Å²) in [5.41, 5.74) is 1.39. The summed E-state index contributed by atoms with van der Waals surface area (Å²) in [5, 5.41) is 3.24. The summed E-state index contributed by atoms with van der Waals surface area (Å²) in [6, 6.07) is 5.11. The van der Waals surface area contributed by atoms with Gasteiger partial charge >= 0.3 is 5.97 Å². The van der Waals surface area contributed by atoms with Crippen LogP contribution in [0.25, 0.3) is 11.4 Å². The van der Waals surface area contributed by atoms with Crippen LogP contribution in [0.2, 0.25) is 0 Å². The Morgan fingerprint density at radius 3 is 2.26 bits per heavy atom. The molecular weight excluding hydrogens is 428 g/mol. The van der Waals surface area contributed by atoms with Crippen LogP contribution in [0.3, 0.4) is 0 Å². The lowest BCUT2D eigenvalue weighted by Crippen LogP contribution is -2.37. The maximum absolute atomic E-state index is 13.1. The molecule has 7 nitrogen and oxygen atoms in total. The average molecular weight is 465 g/mol. The topological polar surface area (TPSA) is 94.1 Å². The molecule has 0 aliphatic heterocycles. The Kier molecular flexibility index (Phi) is 8.25. The molecule has 1 unspecified atom stereocenters. The zero-order valence-electron chi connectivity index (χ0n) is 20.3. The fraction of sp³-hybridized carbons (Fsp3) is 0.593. The minimum absolute atomic E-state index is 0.0539. The predicted octanol–water partition coefficient (Wildman–Crippen LogP) is 5.42. The van der Waals surface area contributed by atoms with Crippen molar-refractivity contribution in [1.29, 1.82) is 0 Å². The Hall–Kier alpha value is -2.83. The SMILES string of the molecule is CC(C)C(NC(=O)C1CCCCC1)c1cc(OC(=O)C2CCCCC2)nc(-c2cccnc2)n1. The maximum atomic E-state index is 13.1. The van der Waals surface area contributed by atoms with Crippen molar-refractivity contribution in [2.45, 2.75) is 84.1 Å². The summed E-state index contributed by atoms with van der Waals surface area (Å²) in [6.07, 6.45) is 13.7. The van der Waals surface area contributed by atoms with Crippen molar-refractivity contribution in [3.63, 3.8) is 0 Å². The van der Waals surface area contributed by atoms with E-state index in [1.54, 1.807) is 18.5 Å². The highest BCUT2D eigenvalue weighted by Gasteiger charge is 2.28. The van der Waals surface area contributed by atoms with Crippen molar-refractivity contribution in [3.05, 3.63) is 36.3 Å². The largest absolute Gasteiger partial charge is 0.407 e. The molecule has 0 radical (unpaired) electrons. The van der Waals surface area contributed by atoms with Crippen LogP contribution in [-0.2, 0) is 9.59 Å². The van der Waals surface area contributed by atoms with Gasteiger partial charge in [0.1, 0.15) is 0 Å². The second kappa shape index (κ2) is 11.5. The van der Waals surface area contributed by atoms with Crippen molar-refractivity contribution in [1.82, 2.24) is 20.3 Å². The van der Waals surface area contributed by atoms with E-state index in [0.29, 0.717) is 11.5 Å². The smallest absolute Gasteiger partial charge is 0.315 e. The van der Waals surface area contributed by atoms with E-state index < -0.39 is 0 Å². The van der Waals surface area contributed by atoms with Gasteiger partial charge in [-0.3, -0.25) is 14.6 Å². The standard InChI is InChI=1S/C27H36N4O3/c1-18(2)24(31-26(32)19-10-5-3-6-11-19)22-16-23(34-27(33)20-12-7-4-8-13-20)30-25(29-22)21-14-9-15-28-17-21/h9,14-20,24H,3-8,10-13H2,1-2H3,(H,31,32). The molecule has 2 heterocycles. The third kappa shape index (κ3) is 6.19. The first-order valence-electron chi connectivity index (χ1n) is 12.8. The minimum Gasteiger partial charge on any atom is -0.407 e. The van der Waals surface area contributed by atoms with Crippen molar-refractivity contribution in [2.75, 3.05) is 0 Å². The van der Waals surface area contributed by atoms with Gasteiger partial charge in [-0.05, 0) is 43.7 Å². The minimum atomic E-state index is -0.306. The third-order valence-electron chi connectivity index (χ3n) is 7.04. The van der Waals surface area contributed by atoms with Gasteiger partial charge in [0.25, 0.3) is 0 Å². The Bertz CT molecular complexity index is 967.